The van der Waals surface area contributed by atoms with Crippen molar-refractivity contribution in [2.24, 2.45) is 5.92 Å². The smallest absolute Gasteiger partial charge is 0.317 e. The van der Waals surface area contributed by atoms with Crippen molar-refractivity contribution >= 4 is 11.9 Å². The van der Waals surface area contributed by atoms with Crippen LogP contribution in [0.25, 0.3) is 0 Å². The fourth-order valence-electron chi connectivity index (χ4n) is 3.35. The van der Waals surface area contributed by atoms with Gasteiger partial charge in [-0.25, -0.2) is 0 Å². The van der Waals surface area contributed by atoms with Crippen molar-refractivity contribution in [3.8, 4) is 5.75 Å². The van der Waals surface area contributed by atoms with E-state index in [0.29, 0.717) is 18.8 Å². The molecule has 148 valence electrons. The molecule has 0 radical (unpaired) electrons. The lowest BCUT2D eigenvalue weighted by atomic mass is 9.93. The number of methoxy groups -OCH3 is 1. The van der Waals surface area contributed by atoms with Crippen LogP contribution in [0.2, 0.25) is 0 Å². The Kier molecular flexibility index (Phi) is 5.45. The van der Waals surface area contributed by atoms with E-state index in [4.69, 9.17) is 14.2 Å². The van der Waals surface area contributed by atoms with Crippen LogP contribution >= 0.6 is 0 Å². The Morgan fingerprint density at radius 3 is 2.25 bits per heavy atom. The van der Waals surface area contributed by atoms with Crippen LogP contribution in [0.1, 0.15) is 38.3 Å². The van der Waals surface area contributed by atoms with Crippen LogP contribution < -0.4 is 4.74 Å². The van der Waals surface area contributed by atoms with E-state index in [-0.39, 0.29) is 5.97 Å². The Labute approximate surface area is 165 Å². The Balaban J connectivity index is 1.74. The molecule has 1 fully saturated rings. The van der Waals surface area contributed by atoms with E-state index in [1.807, 2.05) is 75.4 Å². The Bertz CT molecular complexity index is 836. The van der Waals surface area contributed by atoms with E-state index in [9.17, 15) is 9.59 Å². The molecule has 2 aromatic rings. The first-order valence-electron chi connectivity index (χ1n) is 9.35. The predicted octanol–water partition coefficient (Wildman–Crippen LogP) is 4.04. The second-order valence-electron chi connectivity index (χ2n) is 8.05. The molecule has 0 saturated heterocycles. The highest BCUT2D eigenvalue weighted by Crippen LogP contribution is 2.56. The third-order valence-electron chi connectivity index (χ3n) is 4.82. The summed E-state index contributed by atoms with van der Waals surface area (Å²) in [5.74, 6) is -0.624. The highest BCUT2D eigenvalue weighted by molar-refractivity contribution is 5.96. The van der Waals surface area contributed by atoms with E-state index in [1.54, 1.807) is 0 Å². The minimum atomic E-state index is -0.977. The van der Waals surface area contributed by atoms with Crippen LogP contribution in [-0.4, -0.2) is 24.6 Å². The van der Waals surface area contributed by atoms with Crippen LogP contribution in [0.15, 0.2) is 54.6 Å². The largest absolute Gasteiger partial charge is 0.489 e. The monoisotopic (exact) mass is 382 g/mol. The summed E-state index contributed by atoms with van der Waals surface area (Å²) in [6.45, 7) is 5.90. The number of ether oxygens (including phenoxy) is 3. The molecule has 0 N–H and O–H groups in total. The fourth-order valence-corrected chi connectivity index (χ4v) is 3.35. The molecule has 2 atom stereocenters. The van der Waals surface area contributed by atoms with Crippen molar-refractivity contribution in [2.45, 2.75) is 44.8 Å². The molecule has 0 bridgehead atoms. The van der Waals surface area contributed by atoms with Crippen LogP contribution in [0.3, 0.4) is 0 Å². The molecule has 0 unspecified atom stereocenters. The van der Waals surface area contributed by atoms with Crippen molar-refractivity contribution in [3.05, 3.63) is 65.7 Å². The van der Waals surface area contributed by atoms with Gasteiger partial charge in [0.05, 0.1) is 13.0 Å². The van der Waals surface area contributed by atoms with Crippen LogP contribution in [0.5, 0.6) is 5.75 Å². The quantitative estimate of drug-likeness (QED) is 0.706. The topological polar surface area (TPSA) is 61.8 Å². The van der Waals surface area contributed by atoms with Crippen LogP contribution in [-0.2, 0) is 31.1 Å². The summed E-state index contributed by atoms with van der Waals surface area (Å²) in [4.78, 5) is 25.0. The first-order valence-corrected chi connectivity index (χ1v) is 9.35. The van der Waals surface area contributed by atoms with Gasteiger partial charge in [0.1, 0.15) is 23.4 Å². The maximum atomic E-state index is 12.5. The van der Waals surface area contributed by atoms with Gasteiger partial charge in [0.15, 0.2) is 0 Å². The van der Waals surface area contributed by atoms with Crippen LogP contribution in [0, 0.1) is 5.92 Å². The van der Waals surface area contributed by atoms with Gasteiger partial charge in [-0.05, 0) is 50.5 Å². The summed E-state index contributed by atoms with van der Waals surface area (Å²) in [6.07, 6.45) is 0.388. The molecule has 0 aliphatic heterocycles. The summed E-state index contributed by atoms with van der Waals surface area (Å²) in [5, 5.41) is 0. The van der Waals surface area contributed by atoms with E-state index < -0.39 is 22.9 Å². The maximum Gasteiger partial charge on any atom is 0.317 e. The van der Waals surface area contributed by atoms with Crippen molar-refractivity contribution < 1.29 is 23.8 Å². The lowest BCUT2D eigenvalue weighted by Crippen LogP contribution is -2.31. The van der Waals surface area contributed by atoms with Gasteiger partial charge in [-0.15, -0.1) is 0 Å². The van der Waals surface area contributed by atoms with E-state index in [0.717, 1.165) is 11.1 Å². The molecule has 0 spiro atoms. The first-order chi connectivity index (χ1) is 13.3. The average molecular weight is 382 g/mol. The summed E-state index contributed by atoms with van der Waals surface area (Å²) >= 11 is 0. The van der Waals surface area contributed by atoms with Gasteiger partial charge < -0.3 is 14.2 Å². The average Bonchev–Trinajstić information content (AvgIpc) is 3.43. The Morgan fingerprint density at radius 1 is 1.04 bits per heavy atom. The van der Waals surface area contributed by atoms with Gasteiger partial charge in [0.2, 0.25) is 0 Å². The summed E-state index contributed by atoms with van der Waals surface area (Å²) in [6, 6.07) is 17.1. The van der Waals surface area contributed by atoms with E-state index in [2.05, 4.69) is 0 Å². The van der Waals surface area contributed by atoms with Gasteiger partial charge in [-0.3, -0.25) is 9.59 Å². The third kappa shape index (κ3) is 4.19. The van der Waals surface area contributed by atoms with Gasteiger partial charge in [0, 0.05) is 0 Å². The number of carbonyl (C=O) groups excluding carboxylic acids is 2. The molecule has 2 aromatic carbocycles. The Hall–Kier alpha value is -2.82. The van der Waals surface area contributed by atoms with Gasteiger partial charge in [0.25, 0.3) is 0 Å². The van der Waals surface area contributed by atoms with Crippen molar-refractivity contribution in [2.75, 3.05) is 7.11 Å². The van der Waals surface area contributed by atoms with Gasteiger partial charge in [-0.1, -0.05) is 42.5 Å². The lowest BCUT2D eigenvalue weighted by Gasteiger charge is -2.21. The molecule has 0 aromatic heterocycles. The minimum Gasteiger partial charge on any atom is -0.489 e. The molecule has 5 nitrogen and oxygen atoms in total. The SMILES string of the molecule is COC(=O)[C@@]1(c2ccc(OCc3ccccc3)cc2)C[C@@H]1C(=O)OC(C)(C)C. The summed E-state index contributed by atoms with van der Waals surface area (Å²) in [5.41, 5.74) is 0.234. The second kappa shape index (κ2) is 7.66. The molecule has 0 amide bonds. The van der Waals surface area contributed by atoms with E-state index >= 15 is 0 Å². The zero-order chi connectivity index (χ0) is 20.4. The van der Waals surface area contributed by atoms with Gasteiger partial charge >= 0.3 is 11.9 Å². The normalized spacial score (nSPS) is 20.9. The van der Waals surface area contributed by atoms with Crippen molar-refractivity contribution in [1.82, 2.24) is 0 Å². The molecular weight excluding hydrogens is 356 g/mol. The van der Waals surface area contributed by atoms with Gasteiger partial charge in [-0.2, -0.15) is 0 Å². The molecule has 1 aliphatic rings. The molecular formula is C23H26O5. The standard InChI is InChI=1S/C23H26O5/c1-22(2,3)28-20(24)19-14-23(19,21(25)26-4)17-10-12-18(13-11-17)27-15-16-8-6-5-7-9-16/h5-13,19H,14-15H2,1-4H3/t19-,23-/m1/s1. The highest BCUT2D eigenvalue weighted by Gasteiger charge is 2.66. The third-order valence-corrected chi connectivity index (χ3v) is 4.82. The number of carbonyl (C=O) groups is 2. The molecule has 1 saturated carbocycles. The second-order valence-corrected chi connectivity index (χ2v) is 8.05. The number of hydrogen-bond donors (Lipinski definition) is 0. The molecule has 28 heavy (non-hydrogen) atoms. The summed E-state index contributed by atoms with van der Waals surface area (Å²) in [7, 11) is 1.34. The minimum absolute atomic E-state index is 0.373. The number of benzene rings is 2. The van der Waals surface area contributed by atoms with Crippen LogP contribution in [0.4, 0.5) is 0 Å². The Morgan fingerprint density at radius 2 is 1.68 bits per heavy atom. The molecule has 1 aliphatic carbocycles. The highest BCUT2D eigenvalue weighted by atomic mass is 16.6. The number of esters is 2. The fraction of sp³-hybridized carbons (Fsp3) is 0.391. The molecule has 5 heteroatoms. The predicted molar refractivity (Wildman–Crippen MR) is 105 cm³/mol. The zero-order valence-electron chi connectivity index (χ0n) is 16.7. The number of rotatable bonds is 6. The summed E-state index contributed by atoms with van der Waals surface area (Å²) < 4.78 is 16.3. The van der Waals surface area contributed by atoms with Crippen molar-refractivity contribution in [3.63, 3.8) is 0 Å². The lowest BCUT2D eigenvalue weighted by molar-refractivity contribution is -0.159. The van der Waals surface area contributed by atoms with Crippen molar-refractivity contribution in [1.29, 1.82) is 0 Å². The number of hydrogen-bond acceptors (Lipinski definition) is 5. The molecule has 3 rings (SSSR count). The van der Waals surface area contributed by atoms with E-state index in [1.165, 1.54) is 7.11 Å². The first kappa shape index (κ1) is 19.9. The maximum absolute atomic E-state index is 12.5. The zero-order valence-corrected chi connectivity index (χ0v) is 16.7. The molecule has 0 heterocycles.